The Labute approximate surface area is 237 Å². The van der Waals surface area contributed by atoms with Crippen molar-refractivity contribution < 1.29 is 23.0 Å². The van der Waals surface area contributed by atoms with Crippen molar-refractivity contribution in [1.82, 2.24) is 9.97 Å². The van der Waals surface area contributed by atoms with Gasteiger partial charge in [0.05, 0.1) is 6.61 Å². The van der Waals surface area contributed by atoms with Gasteiger partial charge in [-0.2, -0.15) is 0 Å². The molecule has 1 aromatic heterocycles. The maximum atomic E-state index is 14.9. The quantitative estimate of drug-likeness (QED) is 0.0949. The second-order valence-corrected chi connectivity index (χ2v) is 10.5. The molecule has 3 rings (SSSR count). The summed E-state index contributed by atoms with van der Waals surface area (Å²) < 4.78 is 40.3. The van der Waals surface area contributed by atoms with Crippen LogP contribution in [0.4, 0.5) is 8.78 Å². The number of halogens is 2. The summed E-state index contributed by atoms with van der Waals surface area (Å²) >= 11 is 0. The molecule has 2 aromatic carbocycles. The van der Waals surface area contributed by atoms with E-state index in [-0.39, 0.29) is 17.9 Å². The van der Waals surface area contributed by atoms with Gasteiger partial charge >= 0.3 is 5.97 Å². The number of hydrogen-bond donors (Lipinski definition) is 0. The molecular weight excluding hydrogens is 510 g/mol. The average molecular weight is 553 g/mol. The van der Waals surface area contributed by atoms with Gasteiger partial charge in [-0.3, -0.25) is 0 Å². The number of benzene rings is 2. The van der Waals surface area contributed by atoms with Crippen LogP contribution in [0, 0.1) is 5.82 Å². The van der Waals surface area contributed by atoms with Crippen LogP contribution in [-0.4, -0.2) is 28.2 Å². The number of carbonyl (C=O) groups is 1. The predicted octanol–water partition coefficient (Wildman–Crippen LogP) is 9.29. The number of nitrogens with zero attached hydrogens (tertiary/aromatic N) is 2. The molecule has 0 unspecified atom stereocenters. The lowest BCUT2D eigenvalue weighted by Gasteiger charge is -2.18. The van der Waals surface area contributed by atoms with Crippen molar-refractivity contribution in [2.45, 2.75) is 97.1 Å². The number of ether oxygens (including phenoxy) is 2. The highest BCUT2D eigenvalue weighted by atomic mass is 19.1. The average Bonchev–Trinajstić information content (AvgIpc) is 2.96. The van der Waals surface area contributed by atoms with Gasteiger partial charge in [0, 0.05) is 23.5 Å². The highest BCUT2D eigenvalue weighted by Crippen LogP contribution is 2.28. The normalized spacial score (nSPS) is 12.6. The van der Waals surface area contributed by atoms with Crippen LogP contribution in [-0.2, 0) is 4.79 Å². The zero-order chi connectivity index (χ0) is 28.8. The number of hydrogen-bond acceptors (Lipinski definition) is 5. The van der Waals surface area contributed by atoms with Gasteiger partial charge in [-0.1, -0.05) is 77.3 Å². The minimum Gasteiger partial charge on any atom is -0.491 e. The Hall–Kier alpha value is -3.35. The first kappa shape index (κ1) is 31.2. The summed E-state index contributed by atoms with van der Waals surface area (Å²) in [7, 11) is 0. The summed E-state index contributed by atoms with van der Waals surface area (Å²) in [5.41, 5.74) is 0.0813. The zero-order valence-corrected chi connectivity index (χ0v) is 24.1. The summed E-state index contributed by atoms with van der Waals surface area (Å²) in [6.45, 7) is 6.08. The smallest absolute Gasteiger partial charge is 0.348 e. The third kappa shape index (κ3) is 9.68. The van der Waals surface area contributed by atoms with E-state index in [1.807, 2.05) is 0 Å². The van der Waals surface area contributed by atoms with Gasteiger partial charge in [0.1, 0.15) is 5.75 Å². The Morgan fingerprint density at radius 1 is 0.800 bits per heavy atom. The maximum absolute atomic E-state index is 14.9. The molecule has 0 aliphatic rings. The van der Waals surface area contributed by atoms with E-state index in [0.29, 0.717) is 24.4 Å². The fourth-order valence-corrected chi connectivity index (χ4v) is 4.36. The van der Waals surface area contributed by atoms with E-state index in [4.69, 9.17) is 9.47 Å². The Balaban J connectivity index is 1.53. The van der Waals surface area contributed by atoms with E-state index >= 15 is 0 Å². The molecule has 216 valence electrons. The molecule has 1 atom stereocenters. The zero-order valence-electron chi connectivity index (χ0n) is 24.1. The first-order valence-electron chi connectivity index (χ1n) is 14.6. The van der Waals surface area contributed by atoms with Gasteiger partial charge in [0.2, 0.25) is 5.67 Å². The van der Waals surface area contributed by atoms with Crippen LogP contribution in [0.3, 0.4) is 0 Å². The molecule has 0 fully saturated rings. The summed E-state index contributed by atoms with van der Waals surface area (Å²) in [6, 6.07) is 11.5. The summed E-state index contributed by atoms with van der Waals surface area (Å²) in [5, 5.41) is 0. The molecule has 0 saturated carbocycles. The Morgan fingerprint density at radius 2 is 1.40 bits per heavy atom. The van der Waals surface area contributed by atoms with Crippen LogP contribution in [0.25, 0.3) is 22.5 Å². The van der Waals surface area contributed by atoms with Gasteiger partial charge < -0.3 is 9.47 Å². The van der Waals surface area contributed by atoms with Crippen LogP contribution in [0.1, 0.15) is 91.4 Å². The molecule has 0 aliphatic heterocycles. The standard InChI is InChI=1S/C33H42F2N2O3/c1-4-6-8-10-11-12-20-33(3,35)32(38)40-28-17-14-25(15-18-28)27-23-36-31(37-24-27)26-16-19-30(29(34)22-26)39-21-13-9-7-5-2/h14-19,22-24H,4-13,20-21H2,1-3H3/t33-/m0/s1. The lowest BCUT2D eigenvalue weighted by atomic mass is 9.99. The van der Waals surface area contributed by atoms with Crippen molar-refractivity contribution in [2.24, 2.45) is 0 Å². The fraction of sp³-hybridized carbons (Fsp3) is 0.485. The van der Waals surface area contributed by atoms with Crippen molar-refractivity contribution in [3.05, 3.63) is 60.7 Å². The van der Waals surface area contributed by atoms with Gasteiger partial charge in [0.15, 0.2) is 17.4 Å². The van der Waals surface area contributed by atoms with Crippen molar-refractivity contribution in [3.8, 4) is 34.0 Å². The molecule has 0 bridgehead atoms. The van der Waals surface area contributed by atoms with E-state index < -0.39 is 17.5 Å². The fourth-order valence-electron chi connectivity index (χ4n) is 4.36. The van der Waals surface area contributed by atoms with Crippen molar-refractivity contribution >= 4 is 5.97 Å². The molecule has 0 amide bonds. The molecule has 0 saturated heterocycles. The number of rotatable bonds is 17. The highest BCUT2D eigenvalue weighted by Gasteiger charge is 2.34. The van der Waals surface area contributed by atoms with Gasteiger partial charge in [-0.05, 0) is 62.1 Å². The minimum atomic E-state index is -2.02. The first-order chi connectivity index (χ1) is 19.3. The SMILES string of the molecule is CCCCCCCC[C@](C)(F)C(=O)Oc1ccc(-c2cnc(-c3ccc(OCCCCCC)c(F)c3)nc2)cc1. The van der Waals surface area contributed by atoms with Crippen LogP contribution < -0.4 is 9.47 Å². The van der Waals surface area contributed by atoms with E-state index in [9.17, 15) is 13.6 Å². The lowest BCUT2D eigenvalue weighted by molar-refractivity contribution is -0.147. The van der Waals surface area contributed by atoms with Crippen molar-refractivity contribution in [1.29, 1.82) is 0 Å². The van der Waals surface area contributed by atoms with Crippen LogP contribution in [0.2, 0.25) is 0 Å². The van der Waals surface area contributed by atoms with Crippen LogP contribution >= 0.6 is 0 Å². The third-order valence-corrected chi connectivity index (χ3v) is 6.92. The van der Waals surface area contributed by atoms with E-state index in [2.05, 4.69) is 23.8 Å². The molecule has 1 heterocycles. The van der Waals surface area contributed by atoms with E-state index in [1.165, 1.54) is 19.4 Å². The summed E-state index contributed by atoms with van der Waals surface area (Å²) in [6.07, 6.45) is 13.8. The molecular formula is C33H42F2N2O3. The molecule has 5 nitrogen and oxygen atoms in total. The summed E-state index contributed by atoms with van der Waals surface area (Å²) in [5.74, 6) is -0.409. The molecule has 7 heteroatoms. The topological polar surface area (TPSA) is 61.3 Å². The van der Waals surface area contributed by atoms with Crippen molar-refractivity contribution in [3.63, 3.8) is 0 Å². The van der Waals surface area contributed by atoms with Crippen LogP contribution in [0.15, 0.2) is 54.9 Å². The highest BCUT2D eigenvalue weighted by molar-refractivity contribution is 5.81. The molecule has 3 aromatic rings. The van der Waals surface area contributed by atoms with Gasteiger partial charge in [0.25, 0.3) is 0 Å². The third-order valence-electron chi connectivity index (χ3n) is 6.92. The van der Waals surface area contributed by atoms with E-state index in [1.54, 1.807) is 48.8 Å². The first-order valence-corrected chi connectivity index (χ1v) is 14.6. The minimum absolute atomic E-state index is 0.151. The number of esters is 1. The van der Waals surface area contributed by atoms with Crippen molar-refractivity contribution in [2.75, 3.05) is 6.61 Å². The number of aromatic nitrogens is 2. The number of alkyl halides is 1. The maximum Gasteiger partial charge on any atom is 0.348 e. The predicted molar refractivity (Wildman–Crippen MR) is 156 cm³/mol. The molecule has 0 radical (unpaired) electrons. The molecule has 0 N–H and O–H groups in total. The summed E-state index contributed by atoms with van der Waals surface area (Å²) in [4.78, 5) is 21.2. The Morgan fingerprint density at radius 3 is 2.05 bits per heavy atom. The molecule has 0 spiro atoms. The number of unbranched alkanes of at least 4 members (excludes halogenated alkanes) is 8. The largest absolute Gasteiger partial charge is 0.491 e. The van der Waals surface area contributed by atoms with E-state index in [0.717, 1.165) is 62.5 Å². The molecule has 40 heavy (non-hydrogen) atoms. The van der Waals surface area contributed by atoms with Gasteiger partial charge in [-0.15, -0.1) is 0 Å². The Bertz CT molecular complexity index is 1180. The van der Waals surface area contributed by atoms with Gasteiger partial charge in [-0.25, -0.2) is 23.5 Å². The Kier molecular flexibility index (Phi) is 12.5. The monoisotopic (exact) mass is 552 g/mol. The lowest BCUT2D eigenvalue weighted by Crippen LogP contribution is -2.34. The molecule has 0 aliphatic carbocycles. The second-order valence-electron chi connectivity index (χ2n) is 10.5. The second kappa shape index (κ2) is 16.0. The van der Waals surface area contributed by atoms with Crippen LogP contribution in [0.5, 0.6) is 11.5 Å². The number of carbonyl (C=O) groups excluding carboxylic acids is 1.